The van der Waals surface area contributed by atoms with Crippen LogP contribution in [0.3, 0.4) is 0 Å². The van der Waals surface area contributed by atoms with Crippen LogP contribution in [-0.2, 0) is 9.59 Å². The summed E-state index contributed by atoms with van der Waals surface area (Å²) in [6.45, 7) is 4.59. The normalized spacial score (nSPS) is 27.9. The van der Waals surface area contributed by atoms with Gasteiger partial charge in [-0.15, -0.1) is 11.8 Å². The van der Waals surface area contributed by atoms with Gasteiger partial charge >= 0.3 is 5.97 Å². The summed E-state index contributed by atoms with van der Waals surface area (Å²) in [6.07, 6.45) is 0.960. The maximum absolute atomic E-state index is 11.9. The monoisotopic (exact) mass is 256 g/mol. The fourth-order valence-electron chi connectivity index (χ4n) is 2.13. The largest absolute Gasteiger partial charge is 0.477 e. The Bertz CT molecular complexity index is 394. The van der Waals surface area contributed by atoms with Crippen molar-refractivity contribution in [3.63, 3.8) is 0 Å². The van der Waals surface area contributed by atoms with Crippen LogP contribution in [0.25, 0.3) is 0 Å². The minimum atomic E-state index is -1.00. The number of rotatable bonds is 4. The number of hydrogen-bond acceptors (Lipinski definition) is 4. The third kappa shape index (κ3) is 1.95. The first-order valence-electron chi connectivity index (χ1n) is 5.69. The maximum Gasteiger partial charge on any atom is 0.352 e. The molecule has 2 atom stereocenters. The molecule has 0 bridgehead atoms. The molecule has 2 rings (SSSR count). The lowest BCUT2D eigenvalue weighted by molar-refractivity contribution is -0.149. The predicted octanol–water partition coefficient (Wildman–Crippen LogP) is 0.628. The number of carboxylic acids is 1. The van der Waals surface area contributed by atoms with Crippen LogP contribution >= 0.6 is 11.8 Å². The summed E-state index contributed by atoms with van der Waals surface area (Å²) in [4.78, 5) is 24.5. The first kappa shape index (κ1) is 12.4. The van der Waals surface area contributed by atoms with Gasteiger partial charge in [-0.3, -0.25) is 9.69 Å². The Hall–Kier alpha value is -1.01. The number of β-lactam (4-membered cyclic amide) rings is 1. The summed E-state index contributed by atoms with van der Waals surface area (Å²) in [5, 5.41) is 12.2. The van der Waals surface area contributed by atoms with E-state index >= 15 is 0 Å². The molecule has 5 nitrogen and oxygen atoms in total. The molecule has 1 fully saturated rings. The Labute approximate surface area is 104 Å². The Kier molecular flexibility index (Phi) is 3.44. The van der Waals surface area contributed by atoms with Crippen molar-refractivity contribution < 1.29 is 14.7 Å². The summed E-state index contributed by atoms with van der Waals surface area (Å²) < 4.78 is 0. The highest BCUT2D eigenvalue weighted by atomic mass is 32.2. The van der Waals surface area contributed by atoms with Crippen molar-refractivity contribution >= 4 is 23.6 Å². The van der Waals surface area contributed by atoms with E-state index < -0.39 is 5.97 Å². The zero-order valence-electron chi connectivity index (χ0n) is 9.90. The molecule has 0 saturated carbocycles. The molecular weight excluding hydrogens is 240 g/mol. The average Bonchev–Trinajstić information content (AvgIpc) is 2.29. The molecule has 2 N–H and O–H groups in total. The van der Waals surface area contributed by atoms with E-state index in [0.29, 0.717) is 5.75 Å². The van der Waals surface area contributed by atoms with Crippen molar-refractivity contribution in [2.75, 3.05) is 12.3 Å². The molecule has 0 aromatic heterocycles. The number of thioether (sulfide) groups is 1. The molecule has 0 spiro atoms. The molecule has 0 aromatic carbocycles. The minimum absolute atomic E-state index is 0.0520. The molecule has 0 aromatic rings. The number of hydrogen-bond donors (Lipinski definition) is 2. The molecule has 0 aliphatic carbocycles. The lowest BCUT2D eigenvalue weighted by atomic mass is 10.0. The van der Waals surface area contributed by atoms with Gasteiger partial charge in [-0.25, -0.2) is 4.79 Å². The van der Waals surface area contributed by atoms with Crippen LogP contribution in [-0.4, -0.2) is 45.6 Å². The standard InChI is InChI=1S/C11H16N2O3S/c1-3-4-12-7-9(14)13-8(11(15)16)6(2)5-17-10(7)13/h7,10,12H,3-5H2,1-2H3,(H,15,16). The van der Waals surface area contributed by atoms with Crippen molar-refractivity contribution in [1.82, 2.24) is 10.2 Å². The van der Waals surface area contributed by atoms with Crippen molar-refractivity contribution in [1.29, 1.82) is 0 Å². The Balaban J connectivity index is 2.15. The van der Waals surface area contributed by atoms with Crippen molar-refractivity contribution in [3.8, 4) is 0 Å². The van der Waals surface area contributed by atoms with E-state index in [-0.39, 0.29) is 23.0 Å². The van der Waals surface area contributed by atoms with Crippen LogP contribution < -0.4 is 5.32 Å². The molecule has 2 unspecified atom stereocenters. The third-order valence-corrected chi connectivity index (χ3v) is 4.40. The van der Waals surface area contributed by atoms with Gasteiger partial charge in [-0.05, 0) is 25.5 Å². The van der Waals surface area contributed by atoms with Gasteiger partial charge in [0.2, 0.25) is 5.91 Å². The van der Waals surface area contributed by atoms with E-state index in [4.69, 9.17) is 5.11 Å². The van der Waals surface area contributed by atoms with Gasteiger partial charge in [-0.1, -0.05) is 6.92 Å². The number of aliphatic carboxylic acids is 1. The highest BCUT2D eigenvalue weighted by Gasteiger charge is 2.52. The number of fused-ring (bicyclic) bond motifs is 1. The molecule has 2 aliphatic heterocycles. The fourth-order valence-corrected chi connectivity index (χ4v) is 3.45. The number of carboxylic acid groups (broad SMARTS) is 1. The molecule has 1 amide bonds. The van der Waals surface area contributed by atoms with Crippen LogP contribution in [0.4, 0.5) is 0 Å². The van der Waals surface area contributed by atoms with E-state index in [1.807, 2.05) is 6.92 Å². The summed E-state index contributed by atoms with van der Waals surface area (Å²) in [5.41, 5.74) is 0.939. The van der Waals surface area contributed by atoms with E-state index in [1.165, 1.54) is 4.90 Å². The summed E-state index contributed by atoms with van der Waals surface area (Å²) >= 11 is 1.63. The Morgan fingerprint density at radius 3 is 2.94 bits per heavy atom. The number of amides is 1. The summed E-state index contributed by atoms with van der Waals surface area (Å²) in [7, 11) is 0. The number of nitrogens with zero attached hydrogens (tertiary/aromatic N) is 1. The second kappa shape index (κ2) is 4.70. The molecule has 94 valence electrons. The van der Waals surface area contributed by atoms with E-state index in [2.05, 4.69) is 5.32 Å². The molecule has 1 saturated heterocycles. The second-order valence-corrected chi connectivity index (χ2v) is 5.38. The molecule has 6 heteroatoms. The number of carbonyl (C=O) groups excluding carboxylic acids is 1. The highest BCUT2D eigenvalue weighted by Crippen LogP contribution is 2.39. The highest BCUT2D eigenvalue weighted by molar-refractivity contribution is 8.00. The summed E-state index contributed by atoms with van der Waals surface area (Å²) in [6, 6.07) is -0.220. The van der Waals surface area contributed by atoms with Crippen LogP contribution in [0.1, 0.15) is 20.3 Å². The van der Waals surface area contributed by atoms with Gasteiger partial charge in [-0.2, -0.15) is 0 Å². The molecule has 0 radical (unpaired) electrons. The second-order valence-electron chi connectivity index (χ2n) is 4.28. The number of nitrogens with one attached hydrogen (secondary N) is 1. The lowest BCUT2D eigenvalue weighted by Gasteiger charge is -2.49. The predicted molar refractivity (Wildman–Crippen MR) is 65.5 cm³/mol. The van der Waals surface area contributed by atoms with Crippen LogP contribution in [0, 0.1) is 0 Å². The first-order chi connectivity index (χ1) is 8.07. The van der Waals surface area contributed by atoms with Crippen molar-refractivity contribution in [2.24, 2.45) is 0 Å². The molecule has 2 heterocycles. The molecule has 17 heavy (non-hydrogen) atoms. The van der Waals surface area contributed by atoms with Gasteiger partial charge in [0.15, 0.2) is 0 Å². The maximum atomic E-state index is 11.9. The zero-order chi connectivity index (χ0) is 12.6. The lowest BCUT2D eigenvalue weighted by Crippen LogP contribution is -2.69. The van der Waals surface area contributed by atoms with Gasteiger partial charge < -0.3 is 10.4 Å². The van der Waals surface area contributed by atoms with Crippen molar-refractivity contribution in [3.05, 3.63) is 11.3 Å². The number of carbonyl (C=O) groups is 2. The zero-order valence-corrected chi connectivity index (χ0v) is 10.7. The topological polar surface area (TPSA) is 69.6 Å². The third-order valence-electron chi connectivity index (χ3n) is 2.98. The average molecular weight is 256 g/mol. The van der Waals surface area contributed by atoms with E-state index in [0.717, 1.165) is 18.5 Å². The Morgan fingerprint density at radius 1 is 1.65 bits per heavy atom. The molecule has 2 aliphatic rings. The van der Waals surface area contributed by atoms with Gasteiger partial charge in [0.1, 0.15) is 17.1 Å². The SMILES string of the molecule is CCCNC1C(=O)N2C(C(=O)O)=C(C)CSC12. The quantitative estimate of drug-likeness (QED) is 0.722. The van der Waals surface area contributed by atoms with Crippen molar-refractivity contribution in [2.45, 2.75) is 31.7 Å². The van der Waals surface area contributed by atoms with Crippen LogP contribution in [0.15, 0.2) is 11.3 Å². The fraction of sp³-hybridized carbons (Fsp3) is 0.636. The smallest absolute Gasteiger partial charge is 0.352 e. The van der Waals surface area contributed by atoms with Gasteiger partial charge in [0.25, 0.3) is 0 Å². The molecular formula is C11H16N2O3S. The van der Waals surface area contributed by atoms with Crippen LogP contribution in [0.2, 0.25) is 0 Å². The van der Waals surface area contributed by atoms with Gasteiger partial charge in [0, 0.05) is 5.75 Å². The first-order valence-corrected chi connectivity index (χ1v) is 6.74. The minimum Gasteiger partial charge on any atom is -0.477 e. The summed E-state index contributed by atoms with van der Waals surface area (Å²) in [5.74, 6) is -0.442. The Morgan fingerprint density at radius 2 is 2.35 bits per heavy atom. The van der Waals surface area contributed by atoms with E-state index in [9.17, 15) is 9.59 Å². The van der Waals surface area contributed by atoms with Crippen LogP contribution in [0.5, 0.6) is 0 Å². The van der Waals surface area contributed by atoms with E-state index in [1.54, 1.807) is 18.7 Å². The van der Waals surface area contributed by atoms with Gasteiger partial charge in [0.05, 0.1) is 0 Å².